The average Bonchev–Trinajstić information content (AvgIpc) is 2.37. The lowest BCUT2D eigenvalue weighted by Gasteiger charge is -2.46. The van der Waals surface area contributed by atoms with Gasteiger partial charge >= 0.3 is 0 Å². The summed E-state index contributed by atoms with van der Waals surface area (Å²) < 4.78 is 0. The van der Waals surface area contributed by atoms with Gasteiger partial charge in [0.2, 0.25) is 0 Å². The molecular weight excluding hydrogens is 234 g/mol. The number of hydrogen-bond acceptors (Lipinski definition) is 2. The van der Waals surface area contributed by atoms with Crippen LogP contribution < -0.4 is 0 Å². The van der Waals surface area contributed by atoms with Crippen LogP contribution in [0.15, 0.2) is 18.2 Å². The number of aryl methyl sites for hydroxylation is 2. The van der Waals surface area contributed by atoms with E-state index in [2.05, 4.69) is 51.0 Å². The Hall–Kier alpha value is -0.860. The highest BCUT2D eigenvalue weighted by Gasteiger charge is 2.41. The third-order valence-corrected chi connectivity index (χ3v) is 4.68. The monoisotopic (exact) mass is 261 g/mol. The maximum atomic E-state index is 11.0. The summed E-state index contributed by atoms with van der Waals surface area (Å²) in [6.07, 6.45) is 5.54. The normalized spacial score (nSPS) is 20.5. The van der Waals surface area contributed by atoms with E-state index in [1.54, 1.807) is 0 Å². The van der Waals surface area contributed by atoms with Crippen LogP contribution in [0.4, 0.5) is 0 Å². The molecule has 2 rings (SSSR count). The van der Waals surface area contributed by atoms with Crippen LogP contribution in [0, 0.1) is 13.8 Å². The number of aliphatic hydroxyl groups excluding tert-OH is 1. The van der Waals surface area contributed by atoms with Crippen LogP contribution in [0.3, 0.4) is 0 Å². The zero-order chi connectivity index (χ0) is 14.0. The van der Waals surface area contributed by atoms with E-state index in [-0.39, 0.29) is 11.6 Å². The molecule has 0 radical (unpaired) electrons. The zero-order valence-corrected chi connectivity index (χ0v) is 12.7. The Balaban J connectivity index is 2.36. The Morgan fingerprint density at radius 2 is 1.53 bits per heavy atom. The van der Waals surface area contributed by atoms with Gasteiger partial charge in [-0.3, -0.25) is 0 Å². The van der Waals surface area contributed by atoms with Crippen LogP contribution in [0.1, 0.15) is 54.9 Å². The molecule has 1 aromatic carbocycles. The van der Waals surface area contributed by atoms with Crippen LogP contribution in [0.5, 0.6) is 0 Å². The number of aliphatic hydroxyl groups is 1. The van der Waals surface area contributed by atoms with Gasteiger partial charge in [-0.25, -0.2) is 0 Å². The maximum absolute atomic E-state index is 11.0. The van der Waals surface area contributed by atoms with E-state index in [1.165, 1.54) is 30.4 Å². The molecule has 0 saturated heterocycles. The van der Waals surface area contributed by atoms with Crippen molar-refractivity contribution in [3.63, 3.8) is 0 Å². The van der Waals surface area contributed by atoms with Gasteiger partial charge in [0.05, 0.1) is 11.6 Å². The van der Waals surface area contributed by atoms with Gasteiger partial charge in [0.15, 0.2) is 0 Å². The summed E-state index contributed by atoms with van der Waals surface area (Å²) in [5.41, 5.74) is 3.46. The Labute approximate surface area is 117 Å². The molecule has 1 aromatic rings. The lowest BCUT2D eigenvalue weighted by atomic mass is 9.74. The summed E-state index contributed by atoms with van der Waals surface area (Å²) in [6.45, 7) is 4.21. The Kier molecular flexibility index (Phi) is 4.32. The second-order valence-electron chi connectivity index (χ2n) is 6.38. The van der Waals surface area contributed by atoms with Gasteiger partial charge in [0, 0.05) is 0 Å². The molecular formula is C17H27NO. The van der Waals surface area contributed by atoms with E-state index < -0.39 is 0 Å². The van der Waals surface area contributed by atoms with E-state index in [0.717, 1.165) is 18.4 Å². The highest BCUT2D eigenvalue weighted by molar-refractivity contribution is 5.32. The largest absolute Gasteiger partial charge is 0.386 e. The molecule has 1 fully saturated rings. The summed E-state index contributed by atoms with van der Waals surface area (Å²) in [6, 6.07) is 6.44. The summed E-state index contributed by atoms with van der Waals surface area (Å²) >= 11 is 0. The molecule has 1 aliphatic rings. The van der Waals surface area contributed by atoms with Crippen molar-refractivity contribution >= 4 is 0 Å². The first kappa shape index (κ1) is 14.5. The summed E-state index contributed by atoms with van der Waals surface area (Å²) in [4.78, 5) is 2.24. The fourth-order valence-corrected chi connectivity index (χ4v) is 3.61. The van der Waals surface area contributed by atoms with Gasteiger partial charge in [0.25, 0.3) is 0 Å². The molecule has 2 nitrogen and oxygen atoms in total. The molecule has 0 heterocycles. The summed E-state index contributed by atoms with van der Waals surface area (Å²) in [7, 11) is 4.22. The number of nitrogens with zero attached hydrogens (tertiary/aromatic N) is 1. The predicted octanol–water partition coefficient (Wildman–Crippen LogP) is 3.60. The van der Waals surface area contributed by atoms with E-state index in [4.69, 9.17) is 0 Å². The fraction of sp³-hybridized carbons (Fsp3) is 0.647. The van der Waals surface area contributed by atoms with Crippen molar-refractivity contribution in [2.45, 2.75) is 57.6 Å². The second kappa shape index (κ2) is 5.64. The van der Waals surface area contributed by atoms with Gasteiger partial charge in [-0.1, -0.05) is 48.6 Å². The first-order chi connectivity index (χ1) is 8.95. The standard InChI is InChI=1S/C17H27NO/c1-13-10-14(2)12-15(11-13)16(19)17(18(3)4)8-6-5-7-9-17/h10-12,16,19H,5-9H2,1-4H3. The third-order valence-electron chi connectivity index (χ3n) is 4.68. The first-order valence-corrected chi connectivity index (χ1v) is 7.39. The van der Waals surface area contributed by atoms with Gasteiger partial charge in [-0.2, -0.15) is 0 Å². The summed E-state index contributed by atoms with van der Waals surface area (Å²) in [5, 5.41) is 11.0. The molecule has 0 amide bonds. The van der Waals surface area contributed by atoms with Crippen molar-refractivity contribution in [2.75, 3.05) is 14.1 Å². The average molecular weight is 261 g/mol. The Morgan fingerprint density at radius 3 is 2.00 bits per heavy atom. The second-order valence-corrected chi connectivity index (χ2v) is 6.38. The summed E-state index contributed by atoms with van der Waals surface area (Å²) in [5.74, 6) is 0. The first-order valence-electron chi connectivity index (χ1n) is 7.39. The lowest BCUT2D eigenvalue weighted by molar-refractivity contribution is -0.0336. The van der Waals surface area contributed by atoms with Crippen molar-refractivity contribution in [3.05, 3.63) is 34.9 Å². The van der Waals surface area contributed by atoms with Gasteiger partial charge in [-0.05, 0) is 46.3 Å². The van der Waals surface area contributed by atoms with Gasteiger partial charge < -0.3 is 10.0 Å². The van der Waals surface area contributed by atoms with Crippen LogP contribution >= 0.6 is 0 Å². The number of likely N-dealkylation sites (N-methyl/N-ethyl adjacent to an activating group) is 1. The van der Waals surface area contributed by atoms with E-state index >= 15 is 0 Å². The SMILES string of the molecule is Cc1cc(C)cc(C(O)C2(N(C)C)CCCCC2)c1. The van der Waals surface area contributed by atoms with E-state index in [9.17, 15) is 5.11 Å². The highest BCUT2D eigenvalue weighted by Crippen LogP contribution is 2.42. The van der Waals surface area contributed by atoms with Crippen molar-refractivity contribution in [2.24, 2.45) is 0 Å². The molecule has 19 heavy (non-hydrogen) atoms. The van der Waals surface area contributed by atoms with Gasteiger partial charge in [0.1, 0.15) is 0 Å². The molecule has 106 valence electrons. The van der Waals surface area contributed by atoms with Crippen LogP contribution in [-0.2, 0) is 0 Å². The topological polar surface area (TPSA) is 23.5 Å². The van der Waals surface area contributed by atoms with Gasteiger partial charge in [-0.15, -0.1) is 0 Å². The minimum atomic E-state index is -0.388. The van der Waals surface area contributed by atoms with E-state index in [0.29, 0.717) is 0 Å². The zero-order valence-electron chi connectivity index (χ0n) is 12.7. The van der Waals surface area contributed by atoms with Crippen molar-refractivity contribution in [1.29, 1.82) is 0 Å². The minimum absolute atomic E-state index is 0.0848. The molecule has 0 aromatic heterocycles. The Bertz CT molecular complexity index is 413. The van der Waals surface area contributed by atoms with Crippen molar-refractivity contribution in [1.82, 2.24) is 4.90 Å². The predicted molar refractivity (Wildman–Crippen MR) is 80.4 cm³/mol. The fourth-order valence-electron chi connectivity index (χ4n) is 3.61. The molecule has 1 saturated carbocycles. The number of benzene rings is 1. The molecule has 2 heteroatoms. The molecule has 1 aliphatic carbocycles. The smallest absolute Gasteiger partial charge is 0.0973 e. The van der Waals surface area contributed by atoms with Crippen LogP contribution in [0.25, 0.3) is 0 Å². The molecule has 0 bridgehead atoms. The minimum Gasteiger partial charge on any atom is -0.386 e. The molecule has 1 N–H and O–H groups in total. The molecule has 0 aliphatic heterocycles. The number of hydrogen-bond donors (Lipinski definition) is 1. The molecule has 0 spiro atoms. The number of rotatable bonds is 3. The lowest BCUT2D eigenvalue weighted by Crippen LogP contribution is -2.50. The highest BCUT2D eigenvalue weighted by atomic mass is 16.3. The van der Waals surface area contributed by atoms with Crippen LogP contribution in [0.2, 0.25) is 0 Å². The van der Waals surface area contributed by atoms with Crippen molar-refractivity contribution < 1.29 is 5.11 Å². The molecule has 1 unspecified atom stereocenters. The van der Waals surface area contributed by atoms with Crippen LogP contribution in [-0.4, -0.2) is 29.6 Å². The third kappa shape index (κ3) is 2.85. The molecule has 1 atom stereocenters. The maximum Gasteiger partial charge on any atom is 0.0973 e. The van der Waals surface area contributed by atoms with E-state index in [1.807, 2.05) is 0 Å². The van der Waals surface area contributed by atoms with Crippen molar-refractivity contribution in [3.8, 4) is 0 Å². The quantitative estimate of drug-likeness (QED) is 0.898. The Morgan fingerprint density at radius 1 is 1.00 bits per heavy atom.